The molecule has 0 fully saturated rings. The van der Waals surface area contributed by atoms with Crippen molar-refractivity contribution in [2.75, 3.05) is 11.5 Å². The fraction of sp³-hybridized carbons (Fsp3) is 0.231. The molecule has 0 aliphatic carbocycles. The number of hydrogen-bond acceptors (Lipinski definition) is 3. The predicted molar refractivity (Wildman–Crippen MR) is 72.6 cm³/mol. The standard InChI is InChI=1S/C13H11ClN2S/c14-13-4-2-11(3-5-13)8-12(9-16)10-17-7-1-6-15/h2-5,8H,1,7,10H2/b12-8+. The minimum Gasteiger partial charge on any atom is -0.198 e. The van der Waals surface area contributed by atoms with Crippen molar-refractivity contribution in [2.24, 2.45) is 0 Å². The van der Waals surface area contributed by atoms with Gasteiger partial charge in [0.25, 0.3) is 0 Å². The summed E-state index contributed by atoms with van der Waals surface area (Å²) < 4.78 is 0. The van der Waals surface area contributed by atoms with Gasteiger partial charge in [-0.2, -0.15) is 22.3 Å². The van der Waals surface area contributed by atoms with Crippen LogP contribution in [0.3, 0.4) is 0 Å². The lowest BCUT2D eigenvalue weighted by Crippen LogP contribution is -1.86. The molecule has 0 aliphatic rings. The first-order chi connectivity index (χ1) is 8.26. The first-order valence-corrected chi connectivity index (χ1v) is 6.60. The molecule has 0 saturated carbocycles. The number of rotatable bonds is 5. The van der Waals surface area contributed by atoms with Crippen LogP contribution in [-0.2, 0) is 0 Å². The van der Waals surface area contributed by atoms with Crippen LogP contribution in [0.2, 0.25) is 5.02 Å². The van der Waals surface area contributed by atoms with Gasteiger partial charge >= 0.3 is 0 Å². The summed E-state index contributed by atoms with van der Waals surface area (Å²) in [6.45, 7) is 0. The van der Waals surface area contributed by atoms with Crippen LogP contribution in [0.4, 0.5) is 0 Å². The zero-order valence-corrected chi connectivity index (χ0v) is 10.8. The van der Waals surface area contributed by atoms with Gasteiger partial charge in [0.15, 0.2) is 0 Å². The van der Waals surface area contributed by atoms with Crippen LogP contribution in [0.1, 0.15) is 12.0 Å². The van der Waals surface area contributed by atoms with Gasteiger partial charge in [0.2, 0.25) is 0 Å². The molecular weight excluding hydrogens is 252 g/mol. The van der Waals surface area contributed by atoms with Crippen molar-refractivity contribution in [3.63, 3.8) is 0 Å². The van der Waals surface area contributed by atoms with Crippen LogP contribution in [0.5, 0.6) is 0 Å². The monoisotopic (exact) mass is 262 g/mol. The van der Waals surface area contributed by atoms with E-state index in [0.717, 1.165) is 11.3 Å². The fourth-order valence-corrected chi connectivity index (χ4v) is 2.04. The minimum absolute atomic E-state index is 0.518. The lowest BCUT2D eigenvalue weighted by atomic mass is 10.1. The Bertz CT molecular complexity index is 466. The Labute approximate surface area is 111 Å². The number of hydrogen-bond donors (Lipinski definition) is 0. The number of thioether (sulfide) groups is 1. The second kappa shape index (κ2) is 7.79. The summed E-state index contributed by atoms with van der Waals surface area (Å²) in [6.07, 6.45) is 2.36. The van der Waals surface area contributed by atoms with Gasteiger partial charge in [0, 0.05) is 28.5 Å². The van der Waals surface area contributed by atoms with E-state index in [2.05, 4.69) is 12.1 Å². The van der Waals surface area contributed by atoms with E-state index in [1.54, 1.807) is 23.9 Å². The van der Waals surface area contributed by atoms with Crippen molar-refractivity contribution in [3.05, 3.63) is 40.4 Å². The van der Waals surface area contributed by atoms with Crippen molar-refractivity contribution in [1.82, 2.24) is 0 Å². The topological polar surface area (TPSA) is 47.6 Å². The van der Waals surface area contributed by atoms with Crippen LogP contribution in [-0.4, -0.2) is 11.5 Å². The molecule has 0 atom stereocenters. The Morgan fingerprint density at radius 2 is 2.00 bits per heavy atom. The third-order valence-corrected chi connectivity index (χ3v) is 3.23. The largest absolute Gasteiger partial charge is 0.198 e. The molecule has 0 spiro atoms. The Hall–Kier alpha value is -1.42. The van der Waals surface area contributed by atoms with Gasteiger partial charge in [-0.1, -0.05) is 23.7 Å². The van der Waals surface area contributed by atoms with Crippen LogP contribution < -0.4 is 0 Å². The third-order valence-electron chi connectivity index (χ3n) is 1.97. The molecule has 1 rings (SSSR count). The van der Waals surface area contributed by atoms with Crippen LogP contribution in [0, 0.1) is 22.7 Å². The second-order valence-electron chi connectivity index (χ2n) is 3.29. The fourth-order valence-electron chi connectivity index (χ4n) is 1.17. The van der Waals surface area contributed by atoms with E-state index in [4.69, 9.17) is 22.1 Å². The van der Waals surface area contributed by atoms with Gasteiger partial charge < -0.3 is 0 Å². The van der Waals surface area contributed by atoms with Gasteiger partial charge in [-0.15, -0.1) is 0 Å². The maximum atomic E-state index is 8.98. The Kier molecular flexibility index (Phi) is 6.25. The summed E-state index contributed by atoms with van der Waals surface area (Å²) in [7, 11) is 0. The van der Waals surface area contributed by atoms with Crippen molar-refractivity contribution >= 4 is 29.4 Å². The molecule has 86 valence electrons. The molecule has 0 radical (unpaired) electrons. The predicted octanol–water partition coefficient (Wildman–Crippen LogP) is 3.89. The molecule has 0 saturated heterocycles. The molecule has 4 heteroatoms. The molecule has 0 N–H and O–H groups in total. The van der Waals surface area contributed by atoms with Gasteiger partial charge in [0.05, 0.1) is 12.1 Å². The zero-order valence-electron chi connectivity index (χ0n) is 9.19. The van der Waals surface area contributed by atoms with Crippen molar-refractivity contribution < 1.29 is 0 Å². The van der Waals surface area contributed by atoms with Crippen LogP contribution >= 0.6 is 23.4 Å². The smallest absolute Gasteiger partial charge is 0.0956 e. The van der Waals surface area contributed by atoms with E-state index in [0.29, 0.717) is 22.8 Å². The summed E-state index contributed by atoms with van der Waals surface area (Å²) in [6, 6.07) is 11.6. The number of benzene rings is 1. The number of halogens is 1. The summed E-state index contributed by atoms with van der Waals surface area (Å²) in [4.78, 5) is 0. The second-order valence-corrected chi connectivity index (χ2v) is 4.84. The Balaban J connectivity index is 2.58. The Morgan fingerprint density at radius 1 is 1.29 bits per heavy atom. The van der Waals surface area contributed by atoms with Crippen molar-refractivity contribution in [1.29, 1.82) is 10.5 Å². The van der Waals surface area contributed by atoms with Gasteiger partial charge in [-0.3, -0.25) is 0 Å². The summed E-state index contributed by atoms with van der Waals surface area (Å²) >= 11 is 7.37. The maximum Gasteiger partial charge on any atom is 0.0956 e. The van der Waals surface area contributed by atoms with E-state index in [1.807, 2.05) is 18.2 Å². The first-order valence-electron chi connectivity index (χ1n) is 5.07. The van der Waals surface area contributed by atoms with Crippen LogP contribution in [0.15, 0.2) is 29.8 Å². The van der Waals surface area contributed by atoms with Gasteiger partial charge in [-0.25, -0.2) is 0 Å². The molecule has 0 bridgehead atoms. The van der Waals surface area contributed by atoms with Crippen molar-refractivity contribution in [3.8, 4) is 12.1 Å². The summed E-state index contributed by atoms with van der Waals surface area (Å²) in [5.41, 5.74) is 1.67. The Morgan fingerprint density at radius 3 is 2.59 bits per heavy atom. The molecule has 17 heavy (non-hydrogen) atoms. The minimum atomic E-state index is 0.518. The quantitative estimate of drug-likeness (QED) is 0.597. The maximum absolute atomic E-state index is 8.98. The third kappa shape index (κ3) is 5.45. The molecular formula is C13H11ClN2S. The van der Waals surface area contributed by atoms with Gasteiger partial charge in [0.1, 0.15) is 0 Å². The molecule has 0 heterocycles. The lowest BCUT2D eigenvalue weighted by molar-refractivity contribution is 1.24. The average Bonchev–Trinajstić information content (AvgIpc) is 2.35. The molecule has 0 unspecified atom stereocenters. The SMILES string of the molecule is N#CCCSC/C(C#N)=C/c1ccc(Cl)cc1. The van der Waals surface area contributed by atoms with Crippen LogP contribution in [0.25, 0.3) is 6.08 Å². The van der Waals surface area contributed by atoms with E-state index < -0.39 is 0 Å². The normalized spacial score (nSPS) is 10.6. The molecule has 0 aromatic heterocycles. The highest BCUT2D eigenvalue weighted by molar-refractivity contribution is 7.99. The van der Waals surface area contributed by atoms with Crippen molar-refractivity contribution in [2.45, 2.75) is 6.42 Å². The summed E-state index contributed by atoms with van der Waals surface area (Å²) in [5.74, 6) is 1.40. The molecule has 0 aliphatic heterocycles. The highest BCUT2D eigenvalue weighted by Gasteiger charge is 1.97. The molecule has 0 amide bonds. The zero-order chi connectivity index (χ0) is 12.5. The number of nitriles is 2. The van der Waals surface area contributed by atoms with E-state index in [9.17, 15) is 0 Å². The number of nitrogens with zero attached hydrogens (tertiary/aromatic N) is 2. The highest BCUT2D eigenvalue weighted by atomic mass is 35.5. The average molecular weight is 263 g/mol. The molecule has 1 aromatic rings. The molecule has 1 aromatic carbocycles. The molecule has 2 nitrogen and oxygen atoms in total. The first kappa shape index (κ1) is 13.6. The van der Waals surface area contributed by atoms with Gasteiger partial charge in [-0.05, 0) is 23.8 Å². The lowest BCUT2D eigenvalue weighted by Gasteiger charge is -1.98. The van der Waals surface area contributed by atoms with E-state index >= 15 is 0 Å². The summed E-state index contributed by atoms with van der Waals surface area (Å²) in [5, 5.41) is 18.1. The van der Waals surface area contributed by atoms with E-state index in [-0.39, 0.29) is 0 Å². The highest BCUT2D eigenvalue weighted by Crippen LogP contribution is 2.15. The van der Waals surface area contributed by atoms with E-state index in [1.165, 1.54) is 0 Å².